The molecule has 3 rings (SSSR count). The number of hydrazone groups is 1. The lowest BCUT2D eigenvalue weighted by Crippen LogP contribution is -2.23. The second-order valence-corrected chi connectivity index (χ2v) is 5.53. The molecule has 6 heteroatoms. The first-order valence-electron chi connectivity index (χ1n) is 8.14. The van der Waals surface area contributed by atoms with Gasteiger partial charge in [-0.15, -0.1) is 0 Å². The number of para-hydroxylation sites is 2. The van der Waals surface area contributed by atoms with Crippen molar-refractivity contribution in [2.75, 3.05) is 6.61 Å². The lowest BCUT2D eigenvalue weighted by atomic mass is 10.2. The summed E-state index contributed by atoms with van der Waals surface area (Å²) in [4.78, 5) is 16.6. The van der Waals surface area contributed by atoms with Gasteiger partial charge in [0, 0.05) is 0 Å². The van der Waals surface area contributed by atoms with Gasteiger partial charge in [0.2, 0.25) is 0 Å². The summed E-state index contributed by atoms with van der Waals surface area (Å²) in [6, 6.07) is 15.2. The number of ether oxygens (including phenoxy) is 1. The summed E-state index contributed by atoms with van der Waals surface area (Å²) < 4.78 is 7.26. The van der Waals surface area contributed by atoms with Crippen molar-refractivity contribution in [3.05, 3.63) is 59.9 Å². The van der Waals surface area contributed by atoms with E-state index in [1.807, 2.05) is 66.9 Å². The molecule has 1 N–H and O–H groups in total. The third-order valence-electron chi connectivity index (χ3n) is 3.74. The largest absolute Gasteiger partial charge is 0.494 e. The molecule has 0 bridgehead atoms. The minimum absolute atomic E-state index is 0.174. The smallest absolute Gasteiger partial charge is 0.260 e. The van der Waals surface area contributed by atoms with Crippen molar-refractivity contribution in [1.29, 1.82) is 0 Å². The molecule has 0 aliphatic heterocycles. The second kappa shape index (κ2) is 7.61. The van der Waals surface area contributed by atoms with Crippen LogP contribution in [0.4, 0.5) is 0 Å². The van der Waals surface area contributed by atoms with Crippen LogP contribution in [0.15, 0.2) is 53.6 Å². The van der Waals surface area contributed by atoms with Gasteiger partial charge >= 0.3 is 0 Å². The van der Waals surface area contributed by atoms with Gasteiger partial charge in [0.15, 0.2) is 0 Å². The molecule has 0 atom stereocenters. The number of aromatic nitrogens is 2. The molecule has 0 fully saturated rings. The number of nitrogens with one attached hydrogen (secondary N) is 1. The van der Waals surface area contributed by atoms with E-state index in [1.54, 1.807) is 6.21 Å². The van der Waals surface area contributed by atoms with Gasteiger partial charge in [0.25, 0.3) is 5.91 Å². The molecular weight excluding hydrogens is 316 g/mol. The Morgan fingerprint density at radius 1 is 1.24 bits per heavy atom. The summed E-state index contributed by atoms with van der Waals surface area (Å²) in [6.45, 7) is 4.63. The first kappa shape index (κ1) is 16.7. The zero-order valence-electron chi connectivity index (χ0n) is 14.3. The molecule has 0 saturated heterocycles. The molecular formula is C19H20N4O2. The second-order valence-electron chi connectivity index (χ2n) is 5.53. The molecule has 0 unspecified atom stereocenters. The van der Waals surface area contributed by atoms with E-state index in [0.717, 1.165) is 28.2 Å². The molecule has 1 heterocycles. The Kier molecular flexibility index (Phi) is 5.09. The molecule has 3 aromatic rings. The summed E-state index contributed by atoms with van der Waals surface area (Å²) in [5, 5.41) is 4.01. The quantitative estimate of drug-likeness (QED) is 0.556. The number of carbonyl (C=O) groups excluding carboxylic acids is 1. The van der Waals surface area contributed by atoms with E-state index in [9.17, 15) is 4.79 Å². The first-order chi connectivity index (χ1) is 12.2. The van der Waals surface area contributed by atoms with Crippen LogP contribution in [-0.2, 0) is 11.3 Å². The summed E-state index contributed by atoms with van der Waals surface area (Å²) in [5.74, 6) is 1.41. The minimum Gasteiger partial charge on any atom is -0.494 e. The maximum absolute atomic E-state index is 12.1. The number of imidazole rings is 1. The molecule has 2 aromatic carbocycles. The number of hydrogen-bond donors (Lipinski definition) is 1. The van der Waals surface area contributed by atoms with Crippen LogP contribution in [0, 0.1) is 6.92 Å². The van der Waals surface area contributed by atoms with Gasteiger partial charge in [-0.05, 0) is 55.8 Å². The number of rotatable bonds is 6. The molecule has 25 heavy (non-hydrogen) atoms. The Morgan fingerprint density at radius 3 is 2.76 bits per heavy atom. The maximum Gasteiger partial charge on any atom is 0.260 e. The van der Waals surface area contributed by atoms with Crippen LogP contribution >= 0.6 is 0 Å². The van der Waals surface area contributed by atoms with E-state index in [4.69, 9.17) is 4.74 Å². The topological polar surface area (TPSA) is 68.5 Å². The van der Waals surface area contributed by atoms with Crippen molar-refractivity contribution in [3.63, 3.8) is 0 Å². The highest BCUT2D eigenvalue weighted by atomic mass is 16.5. The van der Waals surface area contributed by atoms with Gasteiger partial charge in [-0.3, -0.25) is 4.79 Å². The van der Waals surface area contributed by atoms with Crippen LogP contribution in [0.1, 0.15) is 18.3 Å². The van der Waals surface area contributed by atoms with Crippen molar-refractivity contribution in [2.45, 2.75) is 20.4 Å². The van der Waals surface area contributed by atoms with Crippen LogP contribution in [0.3, 0.4) is 0 Å². The number of amides is 1. The van der Waals surface area contributed by atoms with Crippen LogP contribution in [-0.4, -0.2) is 28.3 Å². The number of nitrogens with zero attached hydrogens (tertiary/aromatic N) is 3. The number of benzene rings is 2. The van der Waals surface area contributed by atoms with Crippen LogP contribution in [0.25, 0.3) is 11.0 Å². The molecule has 1 amide bonds. The van der Waals surface area contributed by atoms with E-state index < -0.39 is 0 Å². The van der Waals surface area contributed by atoms with Crippen molar-refractivity contribution >= 4 is 23.2 Å². The monoisotopic (exact) mass is 336 g/mol. The SMILES string of the molecule is CCOc1ccc(/C=N/NC(=O)Cn2c(C)nc3ccccc32)cc1. The molecule has 0 spiro atoms. The highest BCUT2D eigenvalue weighted by Crippen LogP contribution is 2.15. The Morgan fingerprint density at radius 2 is 2.00 bits per heavy atom. The predicted molar refractivity (Wildman–Crippen MR) is 97.8 cm³/mol. The molecule has 0 radical (unpaired) electrons. The number of fused-ring (bicyclic) bond motifs is 1. The highest BCUT2D eigenvalue weighted by Gasteiger charge is 2.09. The Labute approximate surface area is 146 Å². The lowest BCUT2D eigenvalue weighted by Gasteiger charge is -2.05. The van der Waals surface area contributed by atoms with Crippen molar-refractivity contribution in [3.8, 4) is 5.75 Å². The first-order valence-corrected chi connectivity index (χ1v) is 8.14. The fourth-order valence-electron chi connectivity index (χ4n) is 2.57. The summed E-state index contributed by atoms with van der Waals surface area (Å²) in [6.07, 6.45) is 1.60. The molecule has 0 aliphatic rings. The minimum atomic E-state index is -0.201. The normalized spacial score (nSPS) is 11.1. The highest BCUT2D eigenvalue weighted by molar-refractivity contribution is 5.84. The van der Waals surface area contributed by atoms with Gasteiger partial charge in [0.05, 0.1) is 23.9 Å². The lowest BCUT2D eigenvalue weighted by molar-refractivity contribution is -0.121. The average Bonchev–Trinajstić information content (AvgIpc) is 2.92. The van der Waals surface area contributed by atoms with Gasteiger partial charge in [-0.25, -0.2) is 10.4 Å². The van der Waals surface area contributed by atoms with E-state index in [2.05, 4.69) is 15.5 Å². The summed E-state index contributed by atoms with van der Waals surface area (Å²) >= 11 is 0. The van der Waals surface area contributed by atoms with Crippen LogP contribution in [0.2, 0.25) is 0 Å². The molecule has 6 nitrogen and oxygen atoms in total. The van der Waals surface area contributed by atoms with Crippen molar-refractivity contribution in [2.24, 2.45) is 5.10 Å². The third kappa shape index (κ3) is 4.03. The van der Waals surface area contributed by atoms with E-state index in [0.29, 0.717) is 6.61 Å². The van der Waals surface area contributed by atoms with Crippen LogP contribution < -0.4 is 10.2 Å². The van der Waals surface area contributed by atoms with Gasteiger partial charge < -0.3 is 9.30 Å². The summed E-state index contributed by atoms with van der Waals surface area (Å²) in [5.41, 5.74) is 5.25. The van der Waals surface area contributed by atoms with Gasteiger partial charge in [-0.1, -0.05) is 12.1 Å². The third-order valence-corrected chi connectivity index (χ3v) is 3.74. The fourth-order valence-corrected chi connectivity index (χ4v) is 2.57. The van der Waals surface area contributed by atoms with E-state index in [-0.39, 0.29) is 12.5 Å². The maximum atomic E-state index is 12.1. The van der Waals surface area contributed by atoms with Crippen LogP contribution in [0.5, 0.6) is 5.75 Å². The predicted octanol–water partition coefficient (Wildman–Crippen LogP) is 2.89. The van der Waals surface area contributed by atoms with Gasteiger partial charge in [0.1, 0.15) is 18.1 Å². The molecule has 1 aromatic heterocycles. The average molecular weight is 336 g/mol. The Balaban J connectivity index is 1.61. The number of hydrogen-bond acceptors (Lipinski definition) is 4. The summed E-state index contributed by atoms with van der Waals surface area (Å²) in [7, 11) is 0. The standard InChI is InChI=1S/C19H20N4O2/c1-3-25-16-10-8-15(9-11-16)12-20-22-19(24)13-23-14(2)21-17-6-4-5-7-18(17)23/h4-12H,3,13H2,1-2H3,(H,22,24)/b20-12+. The van der Waals surface area contributed by atoms with Crippen molar-refractivity contribution < 1.29 is 9.53 Å². The molecule has 0 aliphatic carbocycles. The number of aryl methyl sites for hydroxylation is 1. The van der Waals surface area contributed by atoms with Crippen molar-refractivity contribution in [1.82, 2.24) is 15.0 Å². The van der Waals surface area contributed by atoms with E-state index in [1.165, 1.54) is 0 Å². The Hall–Kier alpha value is -3.15. The Bertz CT molecular complexity index is 897. The zero-order chi connectivity index (χ0) is 17.6. The fraction of sp³-hybridized carbons (Fsp3) is 0.211. The zero-order valence-corrected chi connectivity index (χ0v) is 14.3. The molecule has 0 saturated carbocycles. The van der Waals surface area contributed by atoms with Gasteiger partial charge in [-0.2, -0.15) is 5.10 Å². The molecule has 128 valence electrons. The van der Waals surface area contributed by atoms with E-state index >= 15 is 0 Å². The number of carbonyl (C=O) groups is 1.